The number of rotatable bonds is 4. The SMILES string of the molecule is CN(CC(=O)N(C)CC(=O)n1ccc2ccc(N)cc21)C(=O)O. The third-order valence-corrected chi connectivity index (χ3v) is 3.48. The standard InChI is InChI=1S/C15H18N4O4/c1-17(13(20)8-18(2)15(22)23)9-14(21)19-6-5-10-3-4-11(16)7-12(10)19/h3-7H,8-9,16H2,1-2H3,(H,22,23). The molecule has 2 aromatic rings. The number of carbonyl (C=O) groups excluding carboxylic acids is 2. The summed E-state index contributed by atoms with van der Waals surface area (Å²) in [6.45, 7) is -0.469. The molecular weight excluding hydrogens is 300 g/mol. The number of fused-ring (bicyclic) bond motifs is 1. The lowest BCUT2D eigenvalue weighted by atomic mass is 10.2. The Morgan fingerprint density at radius 3 is 2.48 bits per heavy atom. The Morgan fingerprint density at radius 1 is 1.13 bits per heavy atom. The maximum atomic E-state index is 12.4. The van der Waals surface area contributed by atoms with Gasteiger partial charge in [0, 0.05) is 31.4 Å². The van der Waals surface area contributed by atoms with Crippen LogP contribution in [0.2, 0.25) is 0 Å². The average molecular weight is 318 g/mol. The third-order valence-electron chi connectivity index (χ3n) is 3.48. The summed E-state index contributed by atoms with van der Waals surface area (Å²) in [5.41, 5.74) is 6.94. The van der Waals surface area contributed by atoms with Gasteiger partial charge >= 0.3 is 6.09 Å². The second-order valence-electron chi connectivity index (χ2n) is 5.29. The van der Waals surface area contributed by atoms with Crippen molar-refractivity contribution in [2.24, 2.45) is 0 Å². The molecule has 23 heavy (non-hydrogen) atoms. The van der Waals surface area contributed by atoms with Gasteiger partial charge < -0.3 is 20.6 Å². The molecule has 0 bridgehead atoms. The van der Waals surface area contributed by atoms with Gasteiger partial charge in [-0.3, -0.25) is 14.2 Å². The molecule has 0 fully saturated rings. The zero-order chi connectivity index (χ0) is 17.1. The summed E-state index contributed by atoms with van der Waals surface area (Å²) in [6.07, 6.45) is 0.415. The maximum absolute atomic E-state index is 12.4. The van der Waals surface area contributed by atoms with Crippen LogP contribution in [0.4, 0.5) is 10.5 Å². The zero-order valence-electron chi connectivity index (χ0n) is 12.9. The molecule has 8 heteroatoms. The van der Waals surface area contributed by atoms with E-state index in [0.717, 1.165) is 10.3 Å². The summed E-state index contributed by atoms with van der Waals surface area (Å²) >= 11 is 0. The molecule has 0 radical (unpaired) electrons. The van der Waals surface area contributed by atoms with Gasteiger partial charge in [0.15, 0.2) is 0 Å². The lowest BCUT2D eigenvalue weighted by molar-refractivity contribution is -0.130. The Labute approximate surface area is 132 Å². The summed E-state index contributed by atoms with van der Waals surface area (Å²) in [5.74, 6) is -0.765. The van der Waals surface area contributed by atoms with E-state index in [1.54, 1.807) is 24.4 Å². The molecule has 1 heterocycles. The van der Waals surface area contributed by atoms with Crippen molar-refractivity contribution in [2.45, 2.75) is 0 Å². The first-order valence-corrected chi connectivity index (χ1v) is 6.87. The number of carbonyl (C=O) groups is 3. The van der Waals surface area contributed by atoms with Gasteiger partial charge in [-0.1, -0.05) is 6.07 Å². The van der Waals surface area contributed by atoms with Crippen LogP contribution in [-0.4, -0.2) is 64.6 Å². The number of anilines is 1. The number of benzene rings is 1. The monoisotopic (exact) mass is 318 g/mol. The number of carboxylic acid groups (broad SMARTS) is 1. The van der Waals surface area contributed by atoms with Crippen LogP contribution in [0.25, 0.3) is 10.9 Å². The van der Waals surface area contributed by atoms with E-state index < -0.39 is 12.0 Å². The first-order chi connectivity index (χ1) is 10.8. The molecule has 2 amide bonds. The molecule has 0 spiro atoms. The highest BCUT2D eigenvalue weighted by Gasteiger charge is 2.18. The zero-order valence-corrected chi connectivity index (χ0v) is 12.9. The van der Waals surface area contributed by atoms with Gasteiger partial charge in [0.2, 0.25) is 5.91 Å². The van der Waals surface area contributed by atoms with Crippen molar-refractivity contribution in [3.05, 3.63) is 30.5 Å². The predicted molar refractivity (Wildman–Crippen MR) is 85.3 cm³/mol. The van der Waals surface area contributed by atoms with Gasteiger partial charge in [-0.15, -0.1) is 0 Å². The molecule has 122 valence electrons. The predicted octanol–water partition coefficient (Wildman–Crippen LogP) is 0.932. The fourth-order valence-corrected chi connectivity index (χ4v) is 2.12. The van der Waals surface area contributed by atoms with Crippen LogP contribution in [0.3, 0.4) is 0 Å². The molecule has 0 aliphatic heterocycles. The van der Waals surface area contributed by atoms with E-state index in [2.05, 4.69) is 0 Å². The summed E-state index contributed by atoms with van der Waals surface area (Å²) in [5, 5.41) is 9.63. The molecule has 8 nitrogen and oxygen atoms in total. The smallest absolute Gasteiger partial charge is 0.407 e. The van der Waals surface area contributed by atoms with Crippen molar-refractivity contribution in [1.29, 1.82) is 0 Å². The molecule has 0 saturated carbocycles. The molecule has 1 aromatic heterocycles. The van der Waals surface area contributed by atoms with Crippen LogP contribution < -0.4 is 5.73 Å². The van der Waals surface area contributed by atoms with Gasteiger partial charge in [0.05, 0.1) is 5.52 Å². The Balaban J connectivity index is 2.10. The van der Waals surface area contributed by atoms with E-state index in [9.17, 15) is 14.4 Å². The lowest BCUT2D eigenvalue weighted by Crippen LogP contribution is -2.41. The quantitative estimate of drug-likeness (QED) is 0.815. The van der Waals surface area contributed by atoms with Crippen LogP contribution in [0.1, 0.15) is 4.79 Å². The van der Waals surface area contributed by atoms with Crippen LogP contribution in [0, 0.1) is 0 Å². The number of nitrogen functional groups attached to an aromatic ring is 1. The molecule has 0 saturated heterocycles. The van der Waals surface area contributed by atoms with E-state index in [-0.39, 0.29) is 19.0 Å². The highest BCUT2D eigenvalue weighted by atomic mass is 16.4. The Morgan fingerprint density at radius 2 is 1.83 bits per heavy atom. The average Bonchev–Trinajstić information content (AvgIpc) is 2.89. The lowest BCUT2D eigenvalue weighted by Gasteiger charge is -2.20. The molecule has 3 N–H and O–H groups in total. The number of hydrogen-bond acceptors (Lipinski definition) is 4. The van der Waals surface area contributed by atoms with E-state index in [4.69, 9.17) is 10.8 Å². The molecular formula is C15H18N4O4. The van der Waals surface area contributed by atoms with Crippen molar-refractivity contribution < 1.29 is 19.5 Å². The summed E-state index contributed by atoms with van der Waals surface area (Å²) in [4.78, 5) is 37.1. The van der Waals surface area contributed by atoms with Gasteiger partial charge in [0.1, 0.15) is 13.1 Å². The van der Waals surface area contributed by atoms with Gasteiger partial charge in [-0.25, -0.2) is 4.79 Å². The minimum atomic E-state index is -1.20. The van der Waals surface area contributed by atoms with E-state index in [1.807, 2.05) is 6.07 Å². The van der Waals surface area contributed by atoms with Crippen LogP contribution >= 0.6 is 0 Å². The molecule has 0 aliphatic rings. The number of aromatic nitrogens is 1. The molecule has 0 atom stereocenters. The van der Waals surface area contributed by atoms with Crippen LogP contribution in [0.15, 0.2) is 30.5 Å². The van der Waals surface area contributed by atoms with Crippen molar-refractivity contribution in [3.63, 3.8) is 0 Å². The topological polar surface area (TPSA) is 109 Å². The minimum Gasteiger partial charge on any atom is -0.465 e. The Hall–Kier alpha value is -3.03. The number of nitrogens with zero attached hydrogens (tertiary/aromatic N) is 3. The maximum Gasteiger partial charge on any atom is 0.407 e. The summed E-state index contributed by atoms with van der Waals surface area (Å²) < 4.78 is 1.43. The fraction of sp³-hybridized carbons (Fsp3) is 0.267. The Kier molecular flexibility index (Phi) is 4.54. The first kappa shape index (κ1) is 16.3. The van der Waals surface area contributed by atoms with E-state index >= 15 is 0 Å². The fourth-order valence-electron chi connectivity index (χ4n) is 2.12. The van der Waals surface area contributed by atoms with E-state index in [0.29, 0.717) is 11.2 Å². The third kappa shape index (κ3) is 3.60. The minimum absolute atomic E-state index is 0.162. The number of hydrogen-bond donors (Lipinski definition) is 2. The van der Waals surface area contributed by atoms with Gasteiger partial charge in [0.25, 0.3) is 5.91 Å². The summed E-state index contributed by atoms with van der Waals surface area (Å²) in [7, 11) is 2.74. The van der Waals surface area contributed by atoms with Gasteiger partial charge in [-0.05, 0) is 18.2 Å². The second kappa shape index (κ2) is 6.39. The first-order valence-electron chi connectivity index (χ1n) is 6.87. The molecule has 2 rings (SSSR count). The van der Waals surface area contributed by atoms with Crippen molar-refractivity contribution in [2.75, 3.05) is 32.9 Å². The van der Waals surface area contributed by atoms with Crippen molar-refractivity contribution >= 4 is 34.5 Å². The molecule has 1 aromatic carbocycles. The second-order valence-corrected chi connectivity index (χ2v) is 5.29. The molecule has 0 aliphatic carbocycles. The largest absolute Gasteiger partial charge is 0.465 e. The highest BCUT2D eigenvalue weighted by Crippen LogP contribution is 2.18. The van der Waals surface area contributed by atoms with E-state index in [1.165, 1.54) is 23.6 Å². The van der Waals surface area contributed by atoms with Crippen molar-refractivity contribution in [3.8, 4) is 0 Å². The number of nitrogens with two attached hydrogens (primary N) is 1. The highest BCUT2D eigenvalue weighted by molar-refractivity contribution is 5.96. The van der Waals surface area contributed by atoms with Crippen LogP contribution in [-0.2, 0) is 4.79 Å². The normalized spacial score (nSPS) is 10.5. The number of amides is 2. The Bertz CT molecular complexity index is 768. The van der Waals surface area contributed by atoms with Crippen LogP contribution in [0.5, 0.6) is 0 Å². The van der Waals surface area contributed by atoms with Crippen molar-refractivity contribution in [1.82, 2.24) is 14.4 Å². The summed E-state index contributed by atoms with van der Waals surface area (Å²) in [6, 6.07) is 7.03. The molecule has 0 unspecified atom stereocenters. The van der Waals surface area contributed by atoms with Gasteiger partial charge in [-0.2, -0.15) is 0 Å². The number of likely N-dealkylation sites (N-methyl/N-ethyl adjacent to an activating group) is 2.